The number of aryl methyl sites for hydroxylation is 1. The minimum Gasteiger partial charge on any atom is -0.350 e. The smallest absolute Gasteiger partial charge is 0.264 e. The van der Waals surface area contributed by atoms with Crippen LogP contribution in [-0.4, -0.2) is 36.9 Å². The summed E-state index contributed by atoms with van der Waals surface area (Å²) in [5.74, 6) is -0.211. The lowest BCUT2D eigenvalue weighted by Gasteiger charge is -2.30. The van der Waals surface area contributed by atoms with Gasteiger partial charge in [0.1, 0.15) is 10.7 Å². The third kappa shape index (κ3) is 4.03. The van der Waals surface area contributed by atoms with Gasteiger partial charge in [-0.15, -0.1) is 0 Å². The molecule has 3 rings (SSSR count). The second-order valence-corrected chi connectivity index (χ2v) is 9.60. The van der Waals surface area contributed by atoms with Crippen molar-refractivity contribution in [2.75, 3.05) is 17.8 Å². The van der Waals surface area contributed by atoms with Crippen LogP contribution in [0.2, 0.25) is 0 Å². The van der Waals surface area contributed by atoms with Crippen LogP contribution >= 0.6 is 0 Å². The van der Waals surface area contributed by atoms with Gasteiger partial charge in [0.2, 0.25) is 0 Å². The van der Waals surface area contributed by atoms with Gasteiger partial charge in [0.05, 0.1) is 11.3 Å². The number of amides is 1. The van der Waals surface area contributed by atoms with Crippen molar-refractivity contribution in [3.05, 3.63) is 46.5 Å². The van der Waals surface area contributed by atoms with E-state index in [2.05, 4.69) is 11.6 Å². The quantitative estimate of drug-likeness (QED) is 0.817. The lowest BCUT2D eigenvalue weighted by Crippen LogP contribution is -2.38. The molecule has 0 saturated carbocycles. The van der Waals surface area contributed by atoms with E-state index in [0.717, 1.165) is 18.9 Å². The van der Waals surface area contributed by atoms with Crippen LogP contribution in [0.3, 0.4) is 0 Å². The first-order valence-electron chi connectivity index (χ1n) is 9.77. The van der Waals surface area contributed by atoms with E-state index in [-0.39, 0.29) is 22.1 Å². The maximum Gasteiger partial charge on any atom is 0.264 e. The number of likely N-dealkylation sites (tertiary alicyclic amines) is 1. The number of nitrogens with one attached hydrogen (secondary N) is 1. The van der Waals surface area contributed by atoms with Crippen LogP contribution in [0.25, 0.3) is 0 Å². The van der Waals surface area contributed by atoms with E-state index in [1.54, 1.807) is 37.3 Å². The number of sulfonamides is 1. The first kappa shape index (κ1) is 21.4. The van der Waals surface area contributed by atoms with Crippen molar-refractivity contribution in [2.45, 2.75) is 45.4 Å². The molecule has 6 nitrogen and oxygen atoms in total. The first-order chi connectivity index (χ1) is 13.5. The average Bonchev–Trinajstić information content (AvgIpc) is 2.89. The molecule has 1 aromatic heterocycles. The number of hydrogen-bond acceptors (Lipinski definition) is 3. The molecule has 8 heteroatoms. The van der Waals surface area contributed by atoms with Crippen LogP contribution in [0.1, 0.15) is 47.1 Å². The lowest BCUT2D eigenvalue weighted by molar-refractivity contribution is 0.0692. The highest BCUT2D eigenvalue weighted by molar-refractivity contribution is 7.92. The van der Waals surface area contributed by atoms with Gasteiger partial charge in [0, 0.05) is 31.5 Å². The number of carbonyl (C=O) groups excluding carboxylic acids is 1. The second-order valence-electron chi connectivity index (χ2n) is 7.98. The average molecular weight is 422 g/mol. The number of benzene rings is 1. The molecule has 1 N–H and O–H groups in total. The molecule has 1 aromatic carbocycles. The van der Waals surface area contributed by atoms with E-state index >= 15 is 0 Å². The zero-order valence-corrected chi connectivity index (χ0v) is 18.4. The second kappa shape index (κ2) is 7.82. The van der Waals surface area contributed by atoms with Gasteiger partial charge >= 0.3 is 0 Å². The number of hydrogen-bond donors (Lipinski definition) is 1. The van der Waals surface area contributed by atoms with Gasteiger partial charge in [0.25, 0.3) is 15.9 Å². The lowest BCUT2D eigenvalue weighted by atomic mass is 9.98. The van der Waals surface area contributed by atoms with E-state index in [1.165, 1.54) is 12.1 Å². The number of piperidine rings is 1. The van der Waals surface area contributed by atoms with Gasteiger partial charge < -0.3 is 9.47 Å². The Morgan fingerprint density at radius 3 is 2.34 bits per heavy atom. The van der Waals surface area contributed by atoms with E-state index < -0.39 is 15.8 Å². The molecule has 2 heterocycles. The monoisotopic (exact) mass is 421 g/mol. The molecule has 1 aliphatic heterocycles. The third-order valence-electron chi connectivity index (χ3n) is 5.90. The Morgan fingerprint density at radius 2 is 1.76 bits per heavy atom. The van der Waals surface area contributed by atoms with Crippen molar-refractivity contribution in [1.29, 1.82) is 0 Å². The fourth-order valence-corrected chi connectivity index (χ4v) is 5.30. The van der Waals surface area contributed by atoms with Crippen LogP contribution < -0.4 is 4.72 Å². The Kier molecular flexibility index (Phi) is 5.76. The molecular weight excluding hydrogens is 393 g/mol. The normalized spacial score (nSPS) is 15.6. The molecule has 158 valence electrons. The molecule has 0 atom stereocenters. The van der Waals surface area contributed by atoms with Crippen LogP contribution in [0.4, 0.5) is 10.1 Å². The summed E-state index contributed by atoms with van der Waals surface area (Å²) in [6.07, 6.45) is 1.80. The first-order valence-corrected chi connectivity index (χ1v) is 11.3. The molecule has 0 aliphatic carbocycles. The summed E-state index contributed by atoms with van der Waals surface area (Å²) < 4.78 is 44.5. The summed E-state index contributed by atoms with van der Waals surface area (Å²) in [7, 11) is -2.35. The molecular formula is C21H28FN3O3S. The Bertz CT molecular complexity index is 1050. The van der Waals surface area contributed by atoms with Gasteiger partial charge in [-0.2, -0.15) is 0 Å². The molecule has 2 aromatic rings. The summed E-state index contributed by atoms with van der Waals surface area (Å²) >= 11 is 0. The minimum absolute atomic E-state index is 0.0397. The summed E-state index contributed by atoms with van der Waals surface area (Å²) in [6, 6.07) is 4.16. The fourth-order valence-electron chi connectivity index (χ4n) is 3.73. The summed E-state index contributed by atoms with van der Waals surface area (Å²) in [4.78, 5) is 15.0. The Balaban J connectivity index is 2.03. The predicted octanol–water partition coefficient (Wildman–Crippen LogP) is 3.76. The molecule has 1 aliphatic rings. The third-order valence-corrected chi connectivity index (χ3v) is 7.44. The van der Waals surface area contributed by atoms with Crippen molar-refractivity contribution in [3.63, 3.8) is 0 Å². The van der Waals surface area contributed by atoms with E-state index in [0.29, 0.717) is 36.0 Å². The largest absolute Gasteiger partial charge is 0.350 e. The summed E-state index contributed by atoms with van der Waals surface area (Å²) in [5.41, 5.74) is 1.81. The number of halogens is 1. The molecule has 0 spiro atoms. The number of aromatic nitrogens is 1. The van der Waals surface area contributed by atoms with Gasteiger partial charge in [-0.3, -0.25) is 9.52 Å². The molecule has 29 heavy (non-hydrogen) atoms. The number of rotatable bonds is 4. The van der Waals surface area contributed by atoms with Crippen molar-refractivity contribution in [1.82, 2.24) is 9.47 Å². The van der Waals surface area contributed by atoms with E-state index in [9.17, 15) is 17.6 Å². The maximum absolute atomic E-state index is 13.9. The molecule has 1 saturated heterocycles. The van der Waals surface area contributed by atoms with Gasteiger partial charge in [-0.05, 0) is 57.2 Å². The Morgan fingerprint density at radius 1 is 1.14 bits per heavy atom. The number of anilines is 1. The van der Waals surface area contributed by atoms with Crippen LogP contribution in [-0.2, 0) is 17.1 Å². The van der Waals surface area contributed by atoms with Crippen molar-refractivity contribution in [3.8, 4) is 0 Å². The van der Waals surface area contributed by atoms with Crippen molar-refractivity contribution in [2.24, 2.45) is 13.0 Å². The molecule has 1 amide bonds. The SMILES string of the molecule is Cc1ccc(NS(=O)(=O)c2c(C(=O)N3CCC(C)CC3)c(C)n(C)c2C)cc1F. The van der Waals surface area contributed by atoms with Gasteiger partial charge in [-0.25, -0.2) is 12.8 Å². The highest BCUT2D eigenvalue weighted by Gasteiger charge is 2.34. The molecule has 0 bridgehead atoms. The van der Waals surface area contributed by atoms with E-state index in [4.69, 9.17) is 0 Å². The molecule has 0 unspecified atom stereocenters. The van der Waals surface area contributed by atoms with Crippen LogP contribution in [0.15, 0.2) is 23.1 Å². The predicted molar refractivity (Wildman–Crippen MR) is 111 cm³/mol. The fraction of sp³-hybridized carbons (Fsp3) is 0.476. The van der Waals surface area contributed by atoms with Gasteiger partial charge in [-0.1, -0.05) is 13.0 Å². The summed E-state index contributed by atoms with van der Waals surface area (Å²) in [6.45, 7) is 8.41. The molecule has 1 fully saturated rings. The minimum atomic E-state index is -4.09. The Labute approximate surface area is 171 Å². The van der Waals surface area contributed by atoms with Crippen LogP contribution in [0, 0.1) is 32.5 Å². The van der Waals surface area contributed by atoms with Crippen molar-refractivity contribution < 1.29 is 17.6 Å². The Hall–Kier alpha value is -2.35. The van der Waals surface area contributed by atoms with Crippen molar-refractivity contribution >= 4 is 21.6 Å². The highest BCUT2D eigenvalue weighted by Crippen LogP contribution is 2.30. The number of nitrogens with zero attached hydrogens (tertiary/aromatic N) is 2. The standard InChI is InChI=1S/C21H28FN3O3S/c1-13-8-10-25(11-9-13)21(26)19-15(3)24(5)16(4)20(19)29(27,28)23-17-7-6-14(2)18(22)12-17/h6-7,12-13,23H,8-11H2,1-5H3. The topological polar surface area (TPSA) is 71.4 Å². The van der Waals surface area contributed by atoms with Gasteiger partial charge in [0.15, 0.2) is 0 Å². The molecule has 0 radical (unpaired) electrons. The zero-order valence-electron chi connectivity index (χ0n) is 17.5. The van der Waals surface area contributed by atoms with E-state index in [1.807, 2.05) is 0 Å². The number of carbonyl (C=O) groups is 1. The maximum atomic E-state index is 13.9. The summed E-state index contributed by atoms with van der Waals surface area (Å²) in [5, 5.41) is 0. The zero-order chi connectivity index (χ0) is 21.5. The highest BCUT2D eigenvalue weighted by atomic mass is 32.2. The van der Waals surface area contributed by atoms with Crippen LogP contribution in [0.5, 0.6) is 0 Å².